The number of rotatable bonds is 10. The lowest BCUT2D eigenvalue weighted by Crippen LogP contribution is -2.52. The molecular formula is C28H31Cl2N3O4S. The van der Waals surface area contributed by atoms with Crippen molar-refractivity contribution in [1.29, 1.82) is 0 Å². The Morgan fingerprint density at radius 1 is 0.895 bits per heavy atom. The van der Waals surface area contributed by atoms with Gasteiger partial charge in [0.2, 0.25) is 11.8 Å². The molecule has 0 aliphatic carbocycles. The molecule has 1 N–H and O–H groups in total. The lowest BCUT2D eigenvalue weighted by atomic mass is 10.1. The molecule has 10 heteroatoms. The summed E-state index contributed by atoms with van der Waals surface area (Å²) in [7, 11) is -4.14. The van der Waals surface area contributed by atoms with E-state index in [9.17, 15) is 18.0 Å². The molecule has 0 fully saturated rings. The predicted octanol–water partition coefficient (Wildman–Crippen LogP) is 5.44. The minimum atomic E-state index is -4.14. The van der Waals surface area contributed by atoms with Crippen LogP contribution in [0.5, 0.6) is 0 Å². The van der Waals surface area contributed by atoms with Crippen molar-refractivity contribution in [2.75, 3.05) is 10.8 Å². The Morgan fingerprint density at radius 3 is 2.08 bits per heavy atom. The Hall–Kier alpha value is -3.07. The minimum absolute atomic E-state index is 0.0181. The number of carbonyl (C=O) groups is 2. The molecule has 38 heavy (non-hydrogen) atoms. The van der Waals surface area contributed by atoms with Crippen LogP contribution >= 0.6 is 23.2 Å². The van der Waals surface area contributed by atoms with Gasteiger partial charge in [-0.15, -0.1) is 0 Å². The maximum absolute atomic E-state index is 13.8. The molecular weight excluding hydrogens is 545 g/mol. The molecule has 3 aromatic carbocycles. The number of nitrogens with one attached hydrogen (secondary N) is 1. The third kappa shape index (κ3) is 7.28. The third-order valence-electron chi connectivity index (χ3n) is 5.90. The zero-order chi connectivity index (χ0) is 28.0. The van der Waals surface area contributed by atoms with Crippen LogP contribution in [0.15, 0.2) is 77.7 Å². The summed E-state index contributed by atoms with van der Waals surface area (Å²) in [5.74, 6) is -0.929. The lowest BCUT2D eigenvalue weighted by Gasteiger charge is -2.32. The second-order valence-corrected chi connectivity index (χ2v) is 12.0. The van der Waals surface area contributed by atoms with Gasteiger partial charge in [-0.1, -0.05) is 59.1 Å². The first-order valence-corrected chi connectivity index (χ1v) is 14.3. The first-order valence-electron chi connectivity index (χ1n) is 12.1. The van der Waals surface area contributed by atoms with Gasteiger partial charge in [0, 0.05) is 22.6 Å². The topological polar surface area (TPSA) is 86.8 Å². The number of aryl methyl sites for hydroxylation is 1. The van der Waals surface area contributed by atoms with Crippen molar-refractivity contribution in [3.05, 3.63) is 94.0 Å². The van der Waals surface area contributed by atoms with Crippen molar-refractivity contribution in [2.24, 2.45) is 0 Å². The van der Waals surface area contributed by atoms with Crippen molar-refractivity contribution in [1.82, 2.24) is 10.2 Å². The number of anilines is 1. The second kappa shape index (κ2) is 12.7. The highest BCUT2D eigenvalue weighted by atomic mass is 35.5. The number of sulfonamides is 1. The van der Waals surface area contributed by atoms with E-state index >= 15 is 0 Å². The SMILES string of the molecule is Cc1ccc(S(=O)(=O)N(CC(=O)N(Cc2ccccc2Cl)[C@@H](C)C(=O)NC(C)C)c2ccc(Cl)cc2)cc1. The fourth-order valence-corrected chi connectivity index (χ4v) is 5.51. The Morgan fingerprint density at radius 2 is 1.50 bits per heavy atom. The number of halogens is 2. The first kappa shape index (κ1) is 29.5. The maximum Gasteiger partial charge on any atom is 0.264 e. The van der Waals surface area contributed by atoms with Crippen LogP contribution in [-0.2, 0) is 26.2 Å². The molecule has 0 spiro atoms. The van der Waals surface area contributed by atoms with Crippen molar-refractivity contribution in [3.8, 4) is 0 Å². The van der Waals surface area contributed by atoms with Crippen molar-refractivity contribution >= 4 is 50.7 Å². The number of amides is 2. The van der Waals surface area contributed by atoms with Crippen LogP contribution in [0, 0.1) is 6.92 Å². The van der Waals surface area contributed by atoms with Crippen LogP contribution in [0.25, 0.3) is 0 Å². The van der Waals surface area contributed by atoms with Gasteiger partial charge in [-0.2, -0.15) is 0 Å². The van der Waals surface area contributed by atoms with Gasteiger partial charge in [-0.05, 0) is 75.7 Å². The summed E-state index contributed by atoms with van der Waals surface area (Å²) in [5.41, 5.74) is 1.79. The van der Waals surface area contributed by atoms with E-state index in [1.165, 1.54) is 29.2 Å². The molecule has 3 aromatic rings. The van der Waals surface area contributed by atoms with Gasteiger partial charge in [-0.3, -0.25) is 13.9 Å². The van der Waals surface area contributed by atoms with E-state index in [1.54, 1.807) is 55.5 Å². The highest BCUT2D eigenvalue weighted by Gasteiger charge is 2.33. The van der Waals surface area contributed by atoms with E-state index in [-0.39, 0.29) is 29.1 Å². The summed E-state index contributed by atoms with van der Waals surface area (Å²) in [6, 6.07) is 18.5. The third-order valence-corrected chi connectivity index (χ3v) is 8.31. The van der Waals surface area contributed by atoms with Crippen molar-refractivity contribution < 1.29 is 18.0 Å². The van der Waals surface area contributed by atoms with Crippen LogP contribution in [0.4, 0.5) is 5.69 Å². The van der Waals surface area contributed by atoms with Crippen LogP contribution in [0.1, 0.15) is 31.9 Å². The van der Waals surface area contributed by atoms with Gasteiger partial charge in [-0.25, -0.2) is 8.42 Å². The van der Waals surface area contributed by atoms with Crippen molar-refractivity contribution in [3.63, 3.8) is 0 Å². The number of nitrogens with zero attached hydrogens (tertiary/aromatic N) is 2. The summed E-state index contributed by atoms with van der Waals surface area (Å²) < 4.78 is 28.6. The molecule has 0 heterocycles. The monoisotopic (exact) mass is 575 g/mol. The van der Waals surface area contributed by atoms with Gasteiger partial charge in [0.05, 0.1) is 10.6 Å². The van der Waals surface area contributed by atoms with Crippen LogP contribution in [0.2, 0.25) is 10.0 Å². The fourth-order valence-electron chi connectivity index (χ4n) is 3.77. The van der Waals surface area contributed by atoms with E-state index in [1.807, 2.05) is 20.8 Å². The molecule has 202 valence electrons. The normalized spacial score (nSPS) is 12.2. The molecule has 3 rings (SSSR count). The summed E-state index contributed by atoms with van der Waals surface area (Å²) in [6.07, 6.45) is 0. The smallest absolute Gasteiger partial charge is 0.264 e. The van der Waals surface area contributed by atoms with Gasteiger partial charge in [0.25, 0.3) is 10.0 Å². The molecule has 0 saturated carbocycles. The van der Waals surface area contributed by atoms with E-state index in [2.05, 4.69) is 5.32 Å². The van der Waals surface area contributed by atoms with Gasteiger partial charge in [0.1, 0.15) is 12.6 Å². The molecule has 7 nitrogen and oxygen atoms in total. The fraction of sp³-hybridized carbons (Fsp3) is 0.286. The molecule has 0 aromatic heterocycles. The first-order chi connectivity index (χ1) is 17.9. The van der Waals surface area contributed by atoms with E-state index in [0.717, 1.165) is 9.87 Å². The molecule has 0 aliphatic heterocycles. The summed E-state index contributed by atoms with van der Waals surface area (Å²) >= 11 is 12.4. The highest BCUT2D eigenvalue weighted by Crippen LogP contribution is 2.27. The van der Waals surface area contributed by atoms with E-state index in [0.29, 0.717) is 15.6 Å². The number of hydrogen-bond donors (Lipinski definition) is 1. The number of carbonyl (C=O) groups excluding carboxylic acids is 2. The standard InChI is InChI=1S/C28H31Cl2N3O4S/c1-19(2)31-28(35)21(4)32(17-22-7-5-6-8-26(22)30)27(34)18-33(24-13-11-23(29)12-14-24)38(36,37)25-15-9-20(3)10-16-25/h5-16,19,21H,17-18H2,1-4H3,(H,31,35)/t21-/m0/s1. The van der Waals surface area contributed by atoms with E-state index in [4.69, 9.17) is 23.2 Å². The molecule has 2 amide bonds. The van der Waals surface area contributed by atoms with Crippen molar-refractivity contribution in [2.45, 2.75) is 51.2 Å². The molecule has 0 saturated heterocycles. The molecule has 0 aliphatic rings. The largest absolute Gasteiger partial charge is 0.352 e. The Kier molecular flexibility index (Phi) is 9.82. The Labute approximate surface area is 234 Å². The summed E-state index contributed by atoms with van der Waals surface area (Å²) in [6.45, 7) is 6.58. The van der Waals surface area contributed by atoms with Crippen LogP contribution in [0.3, 0.4) is 0 Å². The molecule has 0 radical (unpaired) electrons. The van der Waals surface area contributed by atoms with E-state index < -0.39 is 28.5 Å². The minimum Gasteiger partial charge on any atom is -0.352 e. The van der Waals surface area contributed by atoms with Gasteiger partial charge >= 0.3 is 0 Å². The van der Waals surface area contributed by atoms with Crippen LogP contribution in [-0.4, -0.2) is 43.8 Å². The molecule has 0 bridgehead atoms. The molecule has 1 atom stereocenters. The van der Waals surface area contributed by atoms with Crippen LogP contribution < -0.4 is 9.62 Å². The second-order valence-electron chi connectivity index (χ2n) is 9.25. The average molecular weight is 577 g/mol. The Bertz CT molecular complexity index is 1380. The zero-order valence-corrected chi connectivity index (χ0v) is 24.0. The number of benzene rings is 3. The maximum atomic E-state index is 13.8. The molecule has 0 unspecified atom stereocenters. The quantitative estimate of drug-likeness (QED) is 0.348. The lowest BCUT2D eigenvalue weighted by molar-refractivity contribution is -0.139. The highest BCUT2D eigenvalue weighted by molar-refractivity contribution is 7.92. The number of hydrogen-bond acceptors (Lipinski definition) is 4. The average Bonchev–Trinajstić information content (AvgIpc) is 2.86. The van der Waals surface area contributed by atoms with Gasteiger partial charge < -0.3 is 10.2 Å². The summed E-state index contributed by atoms with van der Waals surface area (Å²) in [5, 5.41) is 3.68. The predicted molar refractivity (Wildman–Crippen MR) is 152 cm³/mol. The Balaban J connectivity index is 2.03. The zero-order valence-electron chi connectivity index (χ0n) is 21.7. The summed E-state index contributed by atoms with van der Waals surface area (Å²) in [4.78, 5) is 28.2. The van der Waals surface area contributed by atoms with Gasteiger partial charge in [0.15, 0.2) is 0 Å².